The van der Waals surface area contributed by atoms with Gasteiger partial charge in [0.1, 0.15) is 0 Å². The highest BCUT2D eigenvalue weighted by Crippen LogP contribution is 2.29. The van der Waals surface area contributed by atoms with Gasteiger partial charge < -0.3 is 5.32 Å². The second-order valence-electron chi connectivity index (χ2n) is 4.16. The average molecular weight is 298 g/mol. The van der Waals surface area contributed by atoms with Gasteiger partial charge in [-0.15, -0.1) is 22.7 Å². The lowest BCUT2D eigenvalue weighted by molar-refractivity contribution is 0.648. The van der Waals surface area contributed by atoms with E-state index in [4.69, 9.17) is 0 Å². The Bertz CT molecular complexity index is 434. The first kappa shape index (κ1) is 14.1. The molecule has 4 heteroatoms. The minimum absolute atomic E-state index is 1.01. The van der Waals surface area contributed by atoms with Crippen LogP contribution in [0.1, 0.15) is 17.7 Å². The molecule has 2 heterocycles. The predicted octanol–water partition coefficient (Wildman–Crippen LogP) is 4.71. The smallest absolute Gasteiger partial charge is 0.0351 e. The molecule has 2 aromatic rings. The van der Waals surface area contributed by atoms with E-state index in [1.54, 1.807) is 0 Å². The lowest BCUT2D eigenvalue weighted by atomic mass is 10.2. The molecule has 98 valence electrons. The minimum atomic E-state index is 1.01. The topological polar surface area (TPSA) is 12.0 Å². The van der Waals surface area contributed by atoms with Gasteiger partial charge >= 0.3 is 0 Å². The molecule has 2 rings (SSSR count). The van der Waals surface area contributed by atoms with Crippen molar-refractivity contribution >= 4 is 34.4 Å². The summed E-state index contributed by atoms with van der Waals surface area (Å²) in [7, 11) is 0. The van der Waals surface area contributed by atoms with E-state index < -0.39 is 0 Å². The van der Waals surface area contributed by atoms with Gasteiger partial charge in [0.25, 0.3) is 0 Å². The Hall–Kier alpha value is -0.290. The summed E-state index contributed by atoms with van der Waals surface area (Å²) < 4.78 is 0. The zero-order chi connectivity index (χ0) is 12.6. The van der Waals surface area contributed by atoms with Crippen LogP contribution in [0.25, 0.3) is 10.4 Å². The van der Waals surface area contributed by atoms with Crippen molar-refractivity contribution in [1.82, 2.24) is 5.32 Å². The van der Waals surface area contributed by atoms with Crippen molar-refractivity contribution in [2.75, 3.05) is 18.6 Å². The maximum atomic E-state index is 3.52. The Morgan fingerprint density at radius 1 is 1.28 bits per heavy atom. The Balaban J connectivity index is 1.71. The summed E-state index contributed by atoms with van der Waals surface area (Å²) in [6.07, 6.45) is 4.77. The number of unbranched alkanes of at least 4 members (excludes halogenated alkanes) is 1. The number of rotatable bonds is 8. The van der Waals surface area contributed by atoms with E-state index in [0.717, 1.165) is 13.1 Å². The summed E-state index contributed by atoms with van der Waals surface area (Å²) in [5.74, 6) is 1.28. The molecule has 0 atom stereocenters. The van der Waals surface area contributed by atoms with Crippen molar-refractivity contribution in [2.45, 2.75) is 19.4 Å². The van der Waals surface area contributed by atoms with Crippen LogP contribution in [0.15, 0.2) is 29.0 Å². The number of hydrogen-bond donors (Lipinski definition) is 1. The SMILES string of the molecule is CSCCCCNCc1cc(-c2cccs2)cs1. The normalized spacial score (nSPS) is 10.9. The highest BCUT2D eigenvalue weighted by molar-refractivity contribution is 7.98. The molecule has 2 aromatic heterocycles. The van der Waals surface area contributed by atoms with Crippen molar-refractivity contribution in [3.8, 4) is 10.4 Å². The van der Waals surface area contributed by atoms with Crippen molar-refractivity contribution in [3.63, 3.8) is 0 Å². The van der Waals surface area contributed by atoms with E-state index in [1.165, 1.54) is 33.9 Å². The van der Waals surface area contributed by atoms with Crippen LogP contribution in [0.3, 0.4) is 0 Å². The van der Waals surface area contributed by atoms with E-state index >= 15 is 0 Å². The van der Waals surface area contributed by atoms with Gasteiger partial charge in [-0.1, -0.05) is 6.07 Å². The van der Waals surface area contributed by atoms with Crippen LogP contribution in [0.2, 0.25) is 0 Å². The van der Waals surface area contributed by atoms with E-state index in [0.29, 0.717) is 0 Å². The van der Waals surface area contributed by atoms with Crippen LogP contribution in [-0.2, 0) is 6.54 Å². The second kappa shape index (κ2) is 8.00. The first-order chi connectivity index (χ1) is 8.90. The zero-order valence-corrected chi connectivity index (χ0v) is 13.1. The highest BCUT2D eigenvalue weighted by Gasteiger charge is 2.02. The van der Waals surface area contributed by atoms with Gasteiger partial charge in [0.2, 0.25) is 0 Å². The lowest BCUT2D eigenvalue weighted by Gasteiger charge is -2.02. The molecule has 1 nitrogen and oxygen atoms in total. The third kappa shape index (κ3) is 4.43. The van der Waals surface area contributed by atoms with Crippen molar-refractivity contribution in [3.05, 3.63) is 33.8 Å². The lowest BCUT2D eigenvalue weighted by Crippen LogP contribution is -2.13. The quantitative estimate of drug-likeness (QED) is 0.708. The molecule has 0 saturated heterocycles. The molecule has 18 heavy (non-hydrogen) atoms. The van der Waals surface area contributed by atoms with Crippen molar-refractivity contribution in [2.24, 2.45) is 0 Å². The molecule has 0 bridgehead atoms. The predicted molar refractivity (Wildman–Crippen MR) is 87.0 cm³/mol. The molecule has 0 saturated carbocycles. The van der Waals surface area contributed by atoms with Gasteiger partial charge in [0.15, 0.2) is 0 Å². The molecule has 0 fully saturated rings. The van der Waals surface area contributed by atoms with Crippen LogP contribution < -0.4 is 5.32 Å². The molecule has 1 N–H and O–H groups in total. The average Bonchev–Trinajstić information content (AvgIpc) is 3.03. The number of nitrogens with one attached hydrogen (secondary N) is 1. The summed E-state index contributed by atoms with van der Waals surface area (Å²) in [6, 6.07) is 6.61. The van der Waals surface area contributed by atoms with Crippen molar-refractivity contribution in [1.29, 1.82) is 0 Å². The maximum absolute atomic E-state index is 3.52. The molecule has 0 aliphatic rings. The summed E-state index contributed by atoms with van der Waals surface area (Å²) in [4.78, 5) is 2.81. The van der Waals surface area contributed by atoms with Gasteiger partial charge in [0, 0.05) is 21.9 Å². The molecule has 0 aliphatic heterocycles. The molecule has 0 amide bonds. The van der Waals surface area contributed by atoms with Crippen LogP contribution in [0, 0.1) is 0 Å². The molecule has 0 aromatic carbocycles. The largest absolute Gasteiger partial charge is 0.312 e. The fourth-order valence-corrected chi connectivity index (χ4v) is 3.89. The molecule has 0 radical (unpaired) electrons. The van der Waals surface area contributed by atoms with Crippen molar-refractivity contribution < 1.29 is 0 Å². The van der Waals surface area contributed by atoms with Crippen LogP contribution in [0.4, 0.5) is 0 Å². The fourth-order valence-electron chi connectivity index (χ4n) is 1.75. The Morgan fingerprint density at radius 3 is 3.00 bits per heavy atom. The number of thiophene rings is 2. The fraction of sp³-hybridized carbons (Fsp3) is 0.429. The van der Waals surface area contributed by atoms with Gasteiger partial charge in [-0.25, -0.2) is 0 Å². The standard InChI is InChI=1S/C14H19NS3/c1-16-7-3-2-6-15-10-13-9-12(11-18-13)14-5-4-8-17-14/h4-5,8-9,11,15H,2-3,6-7,10H2,1H3. The van der Waals surface area contributed by atoms with Crippen LogP contribution >= 0.6 is 34.4 Å². The van der Waals surface area contributed by atoms with E-state index in [1.807, 2.05) is 34.4 Å². The Kier molecular flexibility index (Phi) is 6.28. The third-order valence-electron chi connectivity index (χ3n) is 2.71. The van der Waals surface area contributed by atoms with Gasteiger partial charge in [-0.05, 0) is 54.3 Å². The van der Waals surface area contributed by atoms with Gasteiger partial charge in [-0.2, -0.15) is 11.8 Å². The van der Waals surface area contributed by atoms with E-state index in [-0.39, 0.29) is 0 Å². The monoisotopic (exact) mass is 297 g/mol. The summed E-state index contributed by atoms with van der Waals surface area (Å²) in [5, 5.41) is 7.92. The zero-order valence-electron chi connectivity index (χ0n) is 10.6. The highest BCUT2D eigenvalue weighted by atomic mass is 32.2. The first-order valence-corrected chi connectivity index (χ1v) is 9.36. The Labute approximate surface area is 122 Å². The molecular formula is C14H19NS3. The minimum Gasteiger partial charge on any atom is -0.312 e. The Morgan fingerprint density at radius 2 is 2.22 bits per heavy atom. The van der Waals surface area contributed by atoms with Crippen LogP contribution in [-0.4, -0.2) is 18.6 Å². The number of thioether (sulfide) groups is 1. The summed E-state index contributed by atoms with van der Waals surface area (Å²) in [5.41, 5.74) is 1.37. The molecule has 0 unspecified atom stereocenters. The summed E-state index contributed by atoms with van der Waals surface area (Å²) in [6.45, 7) is 2.14. The summed E-state index contributed by atoms with van der Waals surface area (Å²) >= 11 is 5.60. The van der Waals surface area contributed by atoms with Gasteiger partial charge in [0.05, 0.1) is 0 Å². The van der Waals surface area contributed by atoms with Gasteiger partial charge in [-0.3, -0.25) is 0 Å². The van der Waals surface area contributed by atoms with Crippen LogP contribution in [0.5, 0.6) is 0 Å². The third-order valence-corrected chi connectivity index (χ3v) is 5.26. The number of hydrogen-bond acceptors (Lipinski definition) is 4. The molecule has 0 aliphatic carbocycles. The maximum Gasteiger partial charge on any atom is 0.0351 e. The van der Waals surface area contributed by atoms with E-state index in [2.05, 4.69) is 40.5 Å². The molecule has 0 spiro atoms. The van der Waals surface area contributed by atoms with E-state index in [9.17, 15) is 0 Å². The second-order valence-corrected chi connectivity index (χ2v) is 7.08. The molecular weight excluding hydrogens is 278 g/mol. The first-order valence-electron chi connectivity index (χ1n) is 6.21.